The molecule has 2 heterocycles. The summed E-state index contributed by atoms with van der Waals surface area (Å²) in [6.45, 7) is 1.46. The lowest BCUT2D eigenvalue weighted by Crippen LogP contribution is -2.06. The summed E-state index contributed by atoms with van der Waals surface area (Å²) in [6.07, 6.45) is 5.17. The van der Waals surface area contributed by atoms with Crippen LogP contribution in [-0.4, -0.2) is 20.0 Å². The van der Waals surface area contributed by atoms with Crippen molar-refractivity contribution in [3.63, 3.8) is 0 Å². The van der Waals surface area contributed by atoms with Gasteiger partial charge in [-0.2, -0.15) is 10.2 Å². The predicted octanol–water partition coefficient (Wildman–Crippen LogP) is 3.43. The lowest BCUT2D eigenvalue weighted by molar-refractivity contribution is 0.0175. The minimum Gasteiger partial charge on any atom is -0.281 e. The Labute approximate surface area is 120 Å². The summed E-state index contributed by atoms with van der Waals surface area (Å²) in [4.78, 5) is 0. The fraction of sp³-hybridized carbons (Fsp3) is 0.200. The van der Waals surface area contributed by atoms with E-state index >= 15 is 0 Å². The van der Waals surface area contributed by atoms with Gasteiger partial charge in [-0.3, -0.25) is 9.78 Å². The summed E-state index contributed by atoms with van der Waals surface area (Å²) in [7, 11) is 0. The highest BCUT2D eigenvalue weighted by Crippen LogP contribution is 2.30. The van der Waals surface area contributed by atoms with Gasteiger partial charge in [0.1, 0.15) is 0 Å². The summed E-state index contributed by atoms with van der Waals surface area (Å²) >= 11 is 0. The molecule has 0 bridgehead atoms. The van der Waals surface area contributed by atoms with Crippen molar-refractivity contribution in [3.8, 4) is 11.1 Å². The first-order valence-electron chi connectivity index (χ1n) is 6.52. The minimum atomic E-state index is -2.85. The van der Waals surface area contributed by atoms with Crippen LogP contribution in [0.1, 0.15) is 18.2 Å². The number of alkyl halides is 2. The second-order valence-corrected chi connectivity index (χ2v) is 4.98. The lowest BCUT2D eigenvalue weighted by atomic mass is 10.0. The quantitative estimate of drug-likeness (QED) is 0.799. The minimum absolute atomic E-state index is 0.00122. The standard InChI is InChI=1S/C15H14F2N4/c1-15(16,17)13-4-2-3-11(7-13)12-8-19-21(9-12)10-14-5-6-18-20-14/h2-9H,10H2,1H3,(H,18,20). The molecule has 1 aromatic carbocycles. The van der Waals surface area contributed by atoms with Gasteiger partial charge < -0.3 is 0 Å². The fourth-order valence-electron chi connectivity index (χ4n) is 2.12. The molecule has 0 aliphatic heterocycles. The molecule has 3 rings (SSSR count). The molecule has 0 saturated heterocycles. The second kappa shape index (κ2) is 5.12. The number of aromatic amines is 1. The average Bonchev–Trinajstić information content (AvgIpc) is 3.10. The Morgan fingerprint density at radius 2 is 2.10 bits per heavy atom. The van der Waals surface area contributed by atoms with E-state index in [-0.39, 0.29) is 5.56 Å². The number of benzene rings is 1. The van der Waals surface area contributed by atoms with Gasteiger partial charge in [0, 0.05) is 30.4 Å². The zero-order chi connectivity index (χ0) is 14.9. The van der Waals surface area contributed by atoms with Crippen LogP contribution in [0.3, 0.4) is 0 Å². The fourth-order valence-corrected chi connectivity index (χ4v) is 2.12. The SMILES string of the molecule is CC(F)(F)c1cccc(-c2cnn(Cc3ccn[nH]3)c2)c1. The van der Waals surface area contributed by atoms with Crippen molar-refractivity contribution < 1.29 is 8.78 Å². The molecule has 0 spiro atoms. The van der Waals surface area contributed by atoms with Crippen LogP contribution in [0.4, 0.5) is 8.78 Å². The predicted molar refractivity (Wildman–Crippen MR) is 74.9 cm³/mol. The molecular weight excluding hydrogens is 274 g/mol. The van der Waals surface area contributed by atoms with Crippen molar-refractivity contribution >= 4 is 0 Å². The largest absolute Gasteiger partial charge is 0.281 e. The third kappa shape index (κ3) is 2.99. The molecule has 0 saturated carbocycles. The molecule has 21 heavy (non-hydrogen) atoms. The van der Waals surface area contributed by atoms with Crippen LogP contribution in [0.2, 0.25) is 0 Å². The number of nitrogens with one attached hydrogen (secondary N) is 1. The Morgan fingerprint density at radius 1 is 1.24 bits per heavy atom. The van der Waals surface area contributed by atoms with Gasteiger partial charge in [0.2, 0.25) is 0 Å². The Hall–Kier alpha value is -2.50. The topological polar surface area (TPSA) is 46.5 Å². The van der Waals surface area contributed by atoms with Crippen LogP contribution < -0.4 is 0 Å². The van der Waals surface area contributed by atoms with Gasteiger partial charge in [0.05, 0.1) is 18.4 Å². The molecule has 1 N–H and O–H groups in total. The van der Waals surface area contributed by atoms with Gasteiger partial charge in [-0.15, -0.1) is 0 Å². The molecule has 0 unspecified atom stereocenters. The molecular formula is C15H14F2N4. The van der Waals surface area contributed by atoms with Crippen LogP contribution in [0.5, 0.6) is 0 Å². The number of hydrogen-bond donors (Lipinski definition) is 1. The Kier molecular flexibility index (Phi) is 3.29. The second-order valence-electron chi connectivity index (χ2n) is 4.98. The van der Waals surface area contributed by atoms with Crippen LogP contribution >= 0.6 is 0 Å². The first-order valence-corrected chi connectivity index (χ1v) is 6.52. The maximum Gasteiger partial charge on any atom is 0.270 e. The summed E-state index contributed by atoms with van der Waals surface area (Å²) in [5.74, 6) is -2.85. The van der Waals surface area contributed by atoms with Crippen LogP contribution in [-0.2, 0) is 12.5 Å². The third-order valence-electron chi connectivity index (χ3n) is 3.23. The number of rotatable bonds is 4. The number of aromatic nitrogens is 4. The number of hydrogen-bond acceptors (Lipinski definition) is 2. The monoisotopic (exact) mass is 288 g/mol. The van der Waals surface area contributed by atoms with Gasteiger partial charge in [-0.1, -0.05) is 18.2 Å². The summed E-state index contributed by atoms with van der Waals surface area (Å²) in [5, 5.41) is 11.0. The van der Waals surface area contributed by atoms with Crippen LogP contribution in [0.15, 0.2) is 48.9 Å². The van der Waals surface area contributed by atoms with Gasteiger partial charge in [0.15, 0.2) is 0 Å². The maximum atomic E-state index is 13.4. The Bertz CT molecular complexity index is 726. The van der Waals surface area contributed by atoms with Gasteiger partial charge in [-0.05, 0) is 17.7 Å². The molecule has 0 radical (unpaired) electrons. The smallest absolute Gasteiger partial charge is 0.270 e. The highest BCUT2D eigenvalue weighted by atomic mass is 19.3. The van der Waals surface area contributed by atoms with E-state index < -0.39 is 5.92 Å². The molecule has 0 atom stereocenters. The van der Waals surface area contributed by atoms with Crippen molar-refractivity contribution in [3.05, 3.63) is 60.2 Å². The third-order valence-corrected chi connectivity index (χ3v) is 3.23. The zero-order valence-corrected chi connectivity index (χ0v) is 11.4. The molecule has 0 aliphatic rings. The van der Waals surface area contributed by atoms with E-state index in [2.05, 4.69) is 15.3 Å². The normalized spacial score (nSPS) is 11.8. The zero-order valence-electron chi connectivity index (χ0n) is 11.4. The van der Waals surface area contributed by atoms with Crippen molar-refractivity contribution in [2.75, 3.05) is 0 Å². The highest BCUT2D eigenvalue weighted by molar-refractivity contribution is 5.62. The van der Waals surface area contributed by atoms with E-state index in [0.29, 0.717) is 6.54 Å². The number of halogens is 2. The van der Waals surface area contributed by atoms with E-state index in [1.165, 1.54) is 12.1 Å². The van der Waals surface area contributed by atoms with Crippen LogP contribution in [0, 0.1) is 0 Å². The first-order chi connectivity index (χ1) is 10.0. The average molecular weight is 288 g/mol. The van der Waals surface area contributed by atoms with Crippen LogP contribution in [0.25, 0.3) is 11.1 Å². The molecule has 2 aromatic heterocycles. The molecule has 4 nitrogen and oxygen atoms in total. The van der Waals surface area contributed by atoms with Gasteiger partial charge in [-0.25, -0.2) is 8.78 Å². The van der Waals surface area contributed by atoms with E-state index in [1.54, 1.807) is 29.2 Å². The van der Waals surface area contributed by atoms with Crippen molar-refractivity contribution in [2.45, 2.75) is 19.4 Å². The summed E-state index contributed by atoms with van der Waals surface area (Å²) < 4.78 is 28.5. The maximum absolute atomic E-state index is 13.4. The molecule has 108 valence electrons. The lowest BCUT2D eigenvalue weighted by Gasteiger charge is -2.11. The molecule has 0 amide bonds. The number of nitrogens with zero attached hydrogens (tertiary/aromatic N) is 3. The molecule has 0 fully saturated rings. The summed E-state index contributed by atoms with van der Waals surface area (Å²) in [6, 6.07) is 8.22. The van der Waals surface area contributed by atoms with E-state index in [4.69, 9.17) is 0 Å². The van der Waals surface area contributed by atoms with Crippen molar-refractivity contribution in [2.24, 2.45) is 0 Å². The Morgan fingerprint density at radius 3 is 2.81 bits per heavy atom. The highest BCUT2D eigenvalue weighted by Gasteiger charge is 2.24. The van der Waals surface area contributed by atoms with E-state index in [9.17, 15) is 8.78 Å². The van der Waals surface area contributed by atoms with Crippen molar-refractivity contribution in [1.82, 2.24) is 20.0 Å². The number of H-pyrrole nitrogens is 1. The van der Waals surface area contributed by atoms with E-state index in [0.717, 1.165) is 23.7 Å². The first kappa shape index (κ1) is 13.5. The summed E-state index contributed by atoms with van der Waals surface area (Å²) in [5.41, 5.74) is 2.46. The van der Waals surface area contributed by atoms with Gasteiger partial charge in [0.25, 0.3) is 5.92 Å². The van der Waals surface area contributed by atoms with Gasteiger partial charge >= 0.3 is 0 Å². The van der Waals surface area contributed by atoms with Crippen molar-refractivity contribution in [1.29, 1.82) is 0 Å². The molecule has 3 aromatic rings. The van der Waals surface area contributed by atoms with E-state index in [1.807, 2.05) is 12.3 Å². The Balaban J connectivity index is 1.86. The molecule has 0 aliphatic carbocycles. The molecule has 6 heteroatoms.